The van der Waals surface area contributed by atoms with E-state index in [-0.39, 0.29) is 11.6 Å². The van der Waals surface area contributed by atoms with Gasteiger partial charge in [-0.05, 0) is 38.0 Å². The van der Waals surface area contributed by atoms with Crippen molar-refractivity contribution < 1.29 is 9.18 Å². The largest absolute Gasteiger partial charge is 0.367 e. The molecule has 108 valence electrons. The number of aryl methyl sites for hydroxylation is 1. The fourth-order valence-corrected chi connectivity index (χ4v) is 1.96. The van der Waals surface area contributed by atoms with Crippen LogP contribution in [0.3, 0.4) is 0 Å². The maximum absolute atomic E-state index is 13.1. The number of halogens is 1. The van der Waals surface area contributed by atoms with E-state index in [2.05, 4.69) is 20.6 Å². The monoisotopic (exact) mass is 286 g/mol. The number of carbonyl (C=O) groups is 1. The third-order valence-corrected chi connectivity index (χ3v) is 3.08. The van der Waals surface area contributed by atoms with Crippen molar-refractivity contribution in [2.24, 2.45) is 0 Å². The van der Waals surface area contributed by atoms with Gasteiger partial charge in [0.2, 0.25) is 0 Å². The van der Waals surface area contributed by atoms with Crippen molar-refractivity contribution in [3.63, 3.8) is 0 Å². The molecule has 1 aromatic heterocycles. The Bertz CT molecular complexity index is 685. The summed E-state index contributed by atoms with van der Waals surface area (Å²) >= 11 is 0. The van der Waals surface area contributed by atoms with Crippen molar-refractivity contribution in [3.8, 4) is 0 Å². The Morgan fingerprint density at radius 3 is 2.81 bits per heavy atom. The fraction of sp³-hybridized carbons (Fsp3) is 0.267. The SMILES string of the molecule is Cc1nc(NC2CC2)cc(C(=O)Nc2cccc(F)c2)n1. The smallest absolute Gasteiger partial charge is 0.274 e. The van der Waals surface area contributed by atoms with Crippen molar-refractivity contribution in [1.29, 1.82) is 0 Å². The molecule has 0 saturated heterocycles. The molecule has 3 rings (SSSR count). The van der Waals surface area contributed by atoms with Gasteiger partial charge in [-0.15, -0.1) is 0 Å². The highest BCUT2D eigenvalue weighted by molar-refractivity contribution is 6.03. The zero-order valence-corrected chi connectivity index (χ0v) is 11.6. The second-order valence-corrected chi connectivity index (χ2v) is 5.07. The summed E-state index contributed by atoms with van der Waals surface area (Å²) in [5, 5.41) is 5.86. The number of nitrogens with zero attached hydrogens (tertiary/aromatic N) is 2. The molecule has 0 spiro atoms. The predicted molar refractivity (Wildman–Crippen MR) is 77.8 cm³/mol. The average molecular weight is 286 g/mol. The van der Waals surface area contributed by atoms with Crippen molar-refractivity contribution in [1.82, 2.24) is 9.97 Å². The summed E-state index contributed by atoms with van der Waals surface area (Å²) < 4.78 is 13.1. The molecular weight excluding hydrogens is 271 g/mol. The van der Waals surface area contributed by atoms with Gasteiger partial charge in [0.25, 0.3) is 5.91 Å². The summed E-state index contributed by atoms with van der Waals surface area (Å²) in [5.41, 5.74) is 0.655. The minimum Gasteiger partial charge on any atom is -0.367 e. The first kappa shape index (κ1) is 13.5. The summed E-state index contributed by atoms with van der Waals surface area (Å²) in [4.78, 5) is 20.6. The summed E-state index contributed by atoms with van der Waals surface area (Å²) in [7, 11) is 0. The topological polar surface area (TPSA) is 66.9 Å². The molecule has 0 bridgehead atoms. The van der Waals surface area contributed by atoms with E-state index in [1.807, 2.05) is 0 Å². The van der Waals surface area contributed by atoms with Crippen LogP contribution in [0.1, 0.15) is 29.2 Å². The second kappa shape index (κ2) is 5.47. The lowest BCUT2D eigenvalue weighted by molar-refractivity contribution is 0.102. The zero-order valence-electron chi connectivity index (χ0n) is 11.6. The molecule has 21 heavy (non-hydrogen) atoms. The number of benzene rings is 1. The van der Waals surface area contributed by atoms with Gasteiger partial charge in [0.15, 0.2) is 0 Å². The molecule has 1 heterocycles. The maximum Gasteiger partial charge on any atom is 0.274 e. The van der Waals surface area contributed by atoms with Crippen molar-refractivity contribution >= 4 is 17.4 Å². The number of hydrogen-bond donors (Lipinski definition) is 2. The number of aromatic nitrogens is 2. The first-order valence-electron chi connectivity index (χ1n) is 6.79. The lowest BCUT2D eigenvalue weighted by atomic mass is 10.3. The van der Waals surface area contributed by atoms with E-state index < -0.39 is 5.82 Å². The van der Waals surface area contributed by atoms with Gasteiger partial charge in [0.1, 0.15) is 23.2 Å². The zero-order chi connectivity index (χ0) is 14.8. The van der Waals surface area contributed by atoms with Crippen LogP contribution in [0.15, 0.2) is 30.3 Å². The third kappa shape index (κ3) is 3.53. The molecular formula is C15H15FN4O. The number of carbonyl (C=O) groups excluding carboxylic acids is 1. The molecule has 0 aliphatic heterocycles. The maximum atomic E-state index is 13.1. The summed E-state index contributed by atoms with van der Waals surface area (Å²) in [5.74, 6) is 0.382. The minimum absolute atomic E-state index is 0.259. The van der Waals surface area contributed by atoms with E-state index in [4.69, 9.17) is 0 Å². The molecule has 6 heteroatoms. The molecule has 5 nitrogen and oxygen atoms in total. The van der Waals surface area contributed by atoms with Crippen LogP contribution in [-0.4, -0.2) is 21.9 Å². The number of nitrogens with one attached hydrogen (secondary N) is 2. The van der Waals surface area contributed by atoms with Gasteiger partial charge in [-0.25, -0.2) is 14.4 Å². The van der Waals surface area contributed by atoms with E-state index in [1.54, 1.807) is 19.1 Å². The van der Waals surface area contributed by atoms with E-state index >= 15 is 0 Å². The molecule has 2 aromatic rings. The summed E-state index contributed by atoms with van der Waals surface area (Å²) in [6.45, 7) is 1.73. The molecule has 2 N–H and O–H groups in total. The standard InChI is InChI=1S/C15H15FN4O/c1-9-17-13(8-14(18-9)19-11-5-6-11)15(21)20-12-4-2-3-10(16)7-12/h2-4,7-8,11H,5-6H2,1H3,(H,20,21)(H,17,18,19). The van der Waals surface area contributed by atoms with Gasteiger partial charge in [0, 0.05) is 17.8 Å². The van der Waals surface area contributed by atoms with Gasteiger partial charge >= 0.3 is 0 Å². The lowest BCUT2D eigenvalue weighted by Crippen LogP contribution is -2.16. The quantitative estimate of drug-likeness (QED) is 0.907. The lowest BCUT2D eigenvalue weighted by Gasteiger charge is -2.08. The van der Waals surface area contributed by atoms with E-state index in [0.29, 0.717) is 23.4 Å². The molecule has 0 unspecified atom stereocenters. The second-order valence-electron chi connectivity index (χ2n) is 5.07. The van der Waals surface area contributed by atoms with Crippen molar-refractivity contribution in [2.45, 2.75) is 25.8 Å². The van der Waals surface area contributed by atoms with E-state index in [0.717, 1.165) is 12.8 Å². The molecule has 0 radical (unpaired) electrons. The molecule has 1 amide bonds. The number of amides is 1. The molecule has 1 aliphatic carbocycles. The van der Waals surface area contributed by atoms with Crippen LogP contribution in [0.5, 0.6) is 0 Å². The van der Waals surface area contributed by atoms with Crippen LogP contribution in [0, 0.1) is 12.7 Å². The highest BCUT2D eigenvalue weighted by Crippen LogP contribution is 2.24. The Kier molecular flexibility index (Phi) is 3.51. The van der Waals surface area contributed by atoms with Crippen LogP contribution < -0.4 is 10.6 Å². The number of anilines is 2. The minimum atomic E-state index is -0.400. The first-order valence-corrected chi connectivity index (χ1v) is 6.79. The highest BCUT2D eigenvalue weighted by Gasteiger charge is 2.22. The van der Waals surface area contributed by atoms with Crippen LogP contribution in [-0.2, 0) is 0 Å². The van der Waals surface area contributed by atoms with Gasteiger partial charge in [0.05, 0.1) is 0 Å². The molecule has 1 saturated carbocycles. The predicted octanol–water partition coefficient (Wildman–Crippen LogP) is 2.75. The Morgan fingerprint density at radius 1 is 1.29 bits per heavy atom. The molecule has 1 aliphatic rings. The first-order chi connectivity index (χ1) is 10.1. The van der Waals surface area contributed by atoms with Crippen LogP contribution in [0.25, 0.3) is 0 Å². The number of hydrogen-bond acceptors (Lipinski definition) is 4. The molecule has 1 fully saturated rings. The van der Waals surface area contributed by atoms with Crippen LogP contribution in [0.2, 0.25) is 0 Å². The average Bonchev–Trinajstić information content (AvgIpc) is 3.22. The van der Waals surface area contributed by atoms with Crippen molar-refractivity contribution in [2.75, 3.05) is 10.6 Å². The van der Waals surface area contributed by atoms with Crippen molar-refractivity contribution in [3.05, 3.63) is 47.7 Å². The third-order valence-electron chi connectivity index (χ3n) is 3.08. The Morgan fingerprint density at radius 2 is 2.10 bits per heavy atom. The highest BCUT2D eigenvalue weighted by atomic mass is 19.1. The summed E-state index contributed by atoms with van der Waals surface area (Å²) in [6.07, 6.45) is 2.24. The van der Waals surface area contributed by atoms with Gasteiger partial charge in [-0.2, -0.15) is 0 Å². The van der Waals surface area contributed by atoms with Crippen LogP contribution in [0.4, 0.5) is 15.9 Å². The molecule has 0 atom stereocenters. The van der Waals surface area contributed by atoms with E-state index in [9.17, 15) is 9.18 Å². The normalized spacial score (nSPS) is 13.8. The van der Waals surface area contributed by atoms with Gasteiger partial charge in [-0.3, -0.25) is 4.79 Å². The van der Waals surface area contributed by atoms with Crippen LogP contribution >= 0.6 is 0 Å². The van der Waals surface area contributed by atoms with Gasteiger partial charge in [-0.1, -0.05) is 6.07 Å². The molecule has 1 aromatic carbocycles. The van der Waals surface area contributed by atoms with Gasteiger partial charge < -0.3 is 10.6 Å². The Balaban J connectivity index is 1.78. The summed E-state index contributed by atoms with van der Waals surface area (Å²) in [6, 6.07) is 7.80. The Labute approximate surface area is 121 Å². The van der Waals surface area contributed by atoms with E-state index in [1.165, 1.54) is 18.2 Å². The fourth-order valence-electron chi connectivity index (χ4n) is 1.96. The Hall–Kier alpha value is -2.50. The number of rotatable bonds is 4.